The van der Waals surface area contributed by atoms with E-state index in [0.717, 1.165) is 24.5 Å². The van der Waals surface area contributed by atoms with Crippen LogP contribution in [0.15, 0.2) is 55.0 Å². The van der Waals surface area contributed by atoms with Crippen molar-refractivity contribution in [3.8, 4) is 0 Å². The normalized spacial score (nSPS) is 10.6. The quantitative estimate of drug-likeness (QED) is 0.719. The van der Waals surface area contributed by atoms with Crippen LogP contribution in [0.1, 0.15) is 24.3 Å². The van der Waals surface area contributed by atoms with Crippen molar-refractivity contribution in [3.05, 3.63) is 60.7 Å². The average Bonchev–Trinajstić information content (AvgIpc) is 3.30. The Morgan fingerprint density at radius 3 is 2.48 bits per heavy atom. The molecule has 0 aliphatic heterocycles. The molecule has 0 aliphatic carbocycles. The summed E-state index contributed by atoms with van der Waals surface area (Å²) in [6.45, 7) is 6.63. The first-order valence-electron chi connectivity index (χ1n) is 8.37. The van der Waals surface area contributed by atoms with Crippen molar-refractivity contribution < 1.29 is 4.79 Å². The second-order valence-corrected chi connectivity index (χ2v) is 5.60. The standard InChI is InChI=1S/C18H22N6O/c1-3-22(4-2)16-8-6-15(7-9-16)20-18(25)17-10-13-24(21-17)14-23-12-5-11-19-23/h5-13H,3-4,14H2,1-2H3,(H,20,25). The molecule has 0 saturated carbocycles. The molecule has 0 fully saturated rings. The Morgan fingerprint density at radius 1 is 1.08 bits per heavy atom. The van der Waals surface area contributed by atoms with Gasteiger partial charge in [-0.1, -0.05) is 0 Å². The molecule has 1 amide bonds. The summed E-state index contributed by atoms with van der Waals surface area (Å²) < 4.78 is 3.41. The molecular formula is C18H22N6O. The summed E-state index contributed by atoms with van der Waals surface area (Å²) in [6, 6.07) is 11.4. The van der Waals surface area contributed by atoms with Crippen LogP contribution < -0.4 is 10.2 Å². The smallest absolute Gasteiger partial charge is 0.276 e. The number of hydrogen-bond acceptors (Lipinski definition) is 4. The second-order valence-electron chi connectivity index (χ2n) is 5.60. The molecule has 0 spiro atoms. The van der Waals surface area contributed by atoms with Crippen LogP contribution in [0.25, 0.3) is 0 Å². The Kier molecular flexibility index (Phi) is 5.13. The predicted molar refractivity (Wildman–Crippen MR) is 97.8 cm³/mol. The summed E-state index contributed by atoms with van der Waals surface area (Å²) >= 11 is 0. The maximum absolute atomic E-state index is 12.3. The molecule has 130 valence electrons. The SMILES string of the molecule is CCN(CC)c1ccc(NC(=O)c2ccn(Cn3cccn3)n2)cc1. The van der Waals surface area contributed by atoms with Crippen molar-refractivity contribution in [3.63, 3.8) is 0 Å². The number of nitrogens with zero attached hydrogens (tertiary/aromatic N) is 5. The van der Waals surface area contributed by atoms with Gasteiger partial charge in [0, 0.05) is 43.1 Å². The Bertz CT molecular complexity index is 802. The number of hydrogen-bond donors (Lipinski definition) is 1. The number of amides is 1. The number of rotatable bonds is 7. The van der Waals surface area contributed by atoms with E-state index in [-0.39, 0.29) is 5.91 Å². The first-order valence-corrected chi connectivity index (χ1v) is 8.37. The van der Waals surface area contributed by atoms with Crippen molar-refractivity contribution in [1.29, 1.82) is 0 Å². The third-order valence-corrected chi connectivity index (χ3v) is 3.98. The van der Waals surface area contributed by atoms with Crippen molar-refractivity contribution >= 4 is 17.3 Å². The number of aromatic nitrogens is 4. The maximum Gasteiger partial charge on any atom is 0.276 e. The summed E-state index contributed by atoms with van der Waals surface area (Å²) in [5.74, 6) is -0.227. The Balaban J connectivity index is 1.63. The van der Waals surface area contributed by atoms with Crippen LogP contribution in [0.4, 0.5) is 11.4 Å². The lowest BCUT2D eigenvalue weighted by Crippen LogP contribution is -2.21. The van der Waals surface area contributed by atoms with E-state index in [1.165, 1.54) is 0 Å². The monoisotopic (exact) mass is 338 g/mol. The van der Waals surface area contributed by atoms with Crippen molar-refractivity contribution in [2.75, 3.05) is 23.3 Å². The fraction of sp³-hybridized carbons (Fsp3) is 0.278. The molecule has 0 radical (unpaired) electrons. The van der Waals surface area contributed by atoms with Gasteiger partial charge < -0.3 is 10.2 Å². The highest BCUT2D eigenvalue weighted by Gasteiger charge is 2.10. The van der Waals surface area contributed by atoms with Gasteiger partial charge in [-0.2, -0.15) is 10.2 Å². The van der Waals surface area contributed by atoms with Gasteiger partial charge in [0.15, 0.2) is 5.69 Å². The number of nitrogens with one attached hydrogen (secondary N) is 1. The van der Waals surface area contributed by atoms with Gasteiger partial charge in [-0.15, -0.1) is 0 Å². The second kappa shape index (κ2) is 7.65. The summed E-state index contributed by atoms with van der Waals surface area (Å²) in [6.07, 6.45) is 5.32. The van der Waals surface area contributed by atoms with Crippen LogP contribution in [0.5, 0.6) is 0 Å². The van der Waals surface area contributed by atoms with Gasteiger partial charge in [-0.05, 0) is 50.2 Å². The summed E-state index contributed by atoms with van der Waals surface area (Å²) in [4.78, 5) is 14.6. The zero-order valence-electron chi connectivity index (χ0n) is 14.5. The maximum atomic E-state index is 12.3. The summed E-state index contributed by atoms with van der Waals surface area (Å²) in [5, 5.41) is 11.3. The van der Waals surface area contributed by atoms with Crippen LogP contribution in [0.3, 0.4) is 0 Å². The minimum Gasteiger partial charge on any atom is -0.372 e. The van der Waals surface area contributed by atoms with E-state index in [2.05, 4.69) is 34.3 Å². The molecule has 0 unspecified atom stereocenters. The van der Waals surface area contributed by atoms with Crippen LogP contribution in [-0.4, -0.2) is 38.6 Å². The zero-order valence-corrected chi connectivity index (χ0v) is 14.5. The molecule has 25 heavy (non-hydrogen) atoms. The fourth-order valence-corrected chi connectivity index (χ4v) is 2.63. The molecule has 2 aromatic heterocycles. The fourth-order valence-electron chi connectivity index (χ4n) is 2.63. The lowest BCUT2D eigenvalue weighted by Gasteiger charge is -2.21. The highest BCUT2D eigenvalue weighted by atomic mass is 16.1. The average molecular weight is 338 g/mol. The molecule has 7 nitrogen and oxygen atoms in total. The third-order valence-electron chi connectivity index (χ3n) is 3.98. The number of carbonyl (C=O) groups excluding carboxylic acids is 1. The van der Waals surface area contributed by atoms with E-state index in [1.807, 2.05) is 36.5 Å². The zero-order chi connectivity index (χ0) is 17.6. The Hall–Kier alpha value is -3.09. The molecule has 1 N–H and O–H groups in total. The van der Waals surface area contributed by atoms with E-state index in [1.54, 1.807) is 27.8 Å². The molecule has 1 aromatic carbocycles. The third kappa shape index (κ3) is 4.06. The van der Waals surface area contributed by atoms with E-state index >= 15 is 0 Å². The van der Waals surface area contributed by atoms with Gasteiger partial charge in [0.25, 0.3) is 5.91 Å². The molecular weight excluding hydrogens is 316 g/mol. The minimum absolute atomic E-state index is 0.227. The Morgan fingerprint density at radius 2 is 1.84 bits per heavy atom. The molecule has 2 heterocycles. The number of anilines is 2. The lowest BCUT2D eigenvalue weighted by atomic mass is 10.2. The summed E-state index contributed by atoms with van der Waals surface area (Å²) in [7, 11) is 0. The van der Waals surface area contributed by atoms with E-state index < -0.39 is 0 Å². The molecule has 0 atom stereocenters. The molecule has 3 rings (SSSR count). The first kappa shape index (κ1) is 16.8. The van der Waals surface area contributed by atoms with Gasteiger partial charge in [0.2, 0.25) is 0 Å². The lowest BCUT2D eigenvalue weighted by molar-refractivity contribution is 0.102. The molecule has 0 aliphatic rings. The van der Waals surface area contributed by atoms with Gasteiger partial charge in [-0.3, -0.25) is 14.2 Å². The molecule has 3 aromatic rings. The minimum atomic E-state index is -0.227. The van der Waals surface area contributed by atoms with E-state index in [0.29, 0.717) is 12.4 Å². The molecule has 0 bridgehead atoms. The van der Waals surface area contributed by atoms with Crippen molar-refractivity contribution in [2.24, 2.45) is 0 Å². The van der Waals surface area contributed by atoms with Gasteiger partial charge in [0.1, 0.15) is 6.67 Å². The van der Waals surface area contributed by atoms with Crippen molar-refractivity contribution in [1.82, 2.24) is 19.6 Å². The van der Waals surface area contributed by atoms with Crippen LogP contribution >= 0.6 is 0 Å². The number of benzene rings is 1. The molecule has 7 heteroatoms. The van der Waals surface area contributed by atoms with Crippen LogP contribution in [-0.2, 0) is 6.67 Å². The predicted octanol–water partition coefficient (Wildman–Crippen LogP) is 2.68. The summed E-state index contributed by atoms with van der Waals surface area (Å²) in [5.41, 5.74) is 2.27. The largest absolute Gasteiger partial charge is 0.372 e. The van der Waals surface area contributed by atoms with Crippen LogP contribution in [0, 0.1) is 0 Å². The highest BCUT2D eigenvalue weighted by Crippen LogP contribution is 2.18. The van der Waals surface area contributed by atoms with Gasteiger partial charge in [0.05, 0.1) is 0 Å². The van der Waals surface area contributed by atoms with Gasteiger partial charge >= 0.3 is 0 Å². The highest BCUT2D eigenvalue weighted by molar-refractivity contribution is 6.02. The van der Waals surface area contributed by atoms with Gasteiger partial charge in [-0.25, -0.2) is 0 Å². The van der Waals surface area contributed by atoms with E-state index in [4.69, 9.17) is 0 Å². The topological polar surface area (TPSA) is 68.0 Å². The van der Waals surface area contributed by atoms with Crippen LogP contribution in [0.2, 0.25) is 0 Å². The molecule has 0 saturated heterocycles. The van der Waals surface area contributed by atoms with Crippen molar-refractivity contribution in [2.45, 2.75) is 20.5 Å². The Labute approximate surface area is 146 Å². The first-order chi connectivity index (χ1) is 12.2. The van der Waals surface area contributed by atoms with E-state index in [9.17, 15) is 4.79 Å². The number of carbonyl (C=O) groups is 1.